The molecule has 0 spiro atoms. The maximum atomic E-state index is 12.8. The number of nitrogens with zero attached hydrogens (tertiary/aromatic N) is 1. The molecule has 2 aromatic rings. The van der Waals surface area contributed by atoms with Gasteiger partial charge in [0.2, 0.25) is 5.91 Å². The standard InChI is InChI=1S/C23H27ClN4O5/c1-4-28(13-19(29)25-16-11-15(24)9-8-14(16)3)12-17-20(22(30)32-5-2)21(27-23(31)26-17)18-7-6-10-33-18/h6-11,21H,4-5,12-13H2,1-3H3,(H,25,29)(H2,26,27,31). The Balaban J connectivity index is 1.83. The van der Waals surface area contributed by atoms with Crippen LogP contribution in [0.2, 0.25) is 5.02 Å². The van der Waals surface area contributed by atoms with Crippen molar-refractivity contribution in [2.24, 2.45) is 0 Å². The number of anilines is 1. The molecule has 0 fully saturated rings. The van der Waals surface area contributed by atoms with Crippen LogP contribution in [0.3, 0.4) is 0 Å². The number of ether oxygens (including phenoxy) is 1. The Labute approximate surface area is 197 Å². The highest BCUT2D eigenvalue weighted by Crippen LogP contribution is 2.28. The Morgan fingerprint density at radius 3 is 2.73 bits per heavy atom. The fourth-order valence-electron chi connectivity index (χ4n) is 3.49. The number of furan rings is 1. The van der Waals surface area contributed by atoms with Gasteiger partial charge in [-0.2, -0.15) is 0 Å². The molecule has 1 aliphatic rings. The lowest BCUT2D eigenvalue weighted by molar-refractivity contribution is -0.139. The number of esters is 1. The quantitative estimate of drug-likeness (QED) is 0.480. The molecule has 1 atom stereocenters. The minimum atomic E-state index is -0.801. The highest BCUT2D eigenvalue weighted by molar-refractivity contribution is 6.31. The SMILES string of the molecule is CCOC(=O)C1=C(CN(CC)CC(=O)Nc2cc(Cl)ccc2C)NC(=O)NC1c1ccco1. The molecule has 2 heterocycles. The van der Waals surface area contributed by atoms with Crippen LogP contribution in [0.15, 0.2) is 52.3 Å². The molecule has 1 aromatic heterocycles. The van der Waals surface area contributed by atoms with Gasteiger partial charge < -0.3 is 25.1 Å². The second-order valence-electron chi connectivity index (χ2n) is 7.47. The molecule has 0 radical (unpaired) electrons. The first-order valence-corrected chi connectivity index (χ1v) is 11.0. The molecule has 0 bridgehead atoms. The van der Waals surface area contributed by atoms with Gasteiger partial charge in [-0.15, -0.1) is 0 Å². The number of likely N-dealkylation sites (N-methyl/N-ethyl adjacent to an activating group) is 1. The summed E-state index contributed by atoms with van der Waals surface area (Å²) in [6.07, 6.45) is 1.46. The number of amides is 3. The van der Waals surface area contributed by atoms with Gasteiger partial charge in [0, 0.05) is 23.0 Å². The fourth-order valence-corrected chi connectivity index (χ4v) is 3.66. The van der Waals surface area contributed by atoms with Gasteiger partial charge in [0.25, 0.3) is 0 Å². The minimum Gasteiger partial charge on any atom is -0.467 e. The molecule has 0 aliphatic carbocycles. The second-order valence-corrected chi connectivity index (χ2v) is 7.91. The lowest BCUT2D eigenvalue weighted by atomic mass is 10.00. The third kappa shape index (κ3) is 6.15. The summed E-state index contributed by atoms with van der Waals surface area (Å²) in [4.78, 5) is 39.6. The van der Waals surface area contributed by atoms with Crippen LogP contribution >= 0.6 is 11.6 Å². The van der Waals surface area contributed by atoms with Crippen LogP contribution in [0, 0.1) is 6.92 Å². The van der Waals surface area contributed by atoms with Crippen molar-refractivity contribution >= 4 is 35.2 Å². The number of carbonyl (C=O) groups is 3. The van der Waals surface area contributed by atoms with Crippen LogP contribution in [0.4, 0.5) is 10.5 Å². The van der Waals surface area contributed by atoms with Gasteiger partial charge in [-0.1, -0.05) is 24.6 Å². The molecule has 0 saturated heterocycles. The molecule has 176 valence electrons. The third-order valence-electron chi connectivity index (χ3n) is 5.15. The van der Waals surface area contributed by atoms with Crippen molar-refractivity contribution in [2.75, 3.05) is 31.6 Å². The Hall–Kier alpha value is -3.30. The van der Waals surface area contributed by atoms with Gasteiger partial charge in [-0.25, -0.2) is 9.59 Å². The summed E-state index contributed by atoms with van der Waals surface area (Å²) in [6.45, 7) is 6.32. The second kappa shape index (κ2) is 11.0. The number of urea groups is 1. The molecule has 33 heavy (non-hydrogen) atoms. The molecule has 0 saturated carbocycles. The summed E-state index contributed by atoms with van der Waals surface area (Å²) in [5.74, 6) is -0.414. The van der Waals surface area contributed by atoms with Gasteiger partial charge in [0.15, 0.2) is 0 Å². The van der Waals surface area contributed by atoms with Crippen LogP contribution < -0.4 is 16.0 Å². The summed E-state index contributed by atoms with van der Waals surface area (Å²) in [5.41, 5.74) is 2.10. The number of carbonyl (C=O) groups excluding carboxylic acids is 3. The van der Waals surface area contributed by atoms with Crippen molar-refractivity contribution in [3.63, 3.8) is 0 Å². The summed E-state index contributed by atoms with van der Waals surface area (Å²) in [6, 6.07) is 7.33. The zero-order chi connectivity index (χ0) is 24.0. The van der Waals surface area contributed by atoms with Crippen molar-refractivity contribution < 1.29 is 23.5 Å². The third-order valence-corrected chi connectivity index (χ3v) is 5.38. The largest absolute Gasteiger partial charge is 0.467 e. The molecule has 3 amide bonds. The first kappa shape index (κ1) is 24.3. The van der Waals surface area contributed by atoms with Gasteiger partial charge in [0.1, 0.15) is 11.8 Å². The first-order valence-electron chi connectivity index (χ1n) is 10.6. The van der Waals surface area contributed by atoms with E-state index in [-0.39, 0.29) is 31.2 Å². The van der Waals surface area contributed by atoms with E-state index in [4.69, 9.17) is 20.8 Å². The minimum absolute atomic E-state index is 0.0385. The van der Waals surface area contributed by atoms with E-state index in [1.54, 1.807) is 36.1 Å². The molecular weight excluding hydrogens is 448 g/mol. The molecule has 1 unspecified atom stereocenters. The average Bonchev–Trinajstić information content (AvgIpc) is 3.30. The van der Waals surface area contributed by atoms with Crippen molar-refractivity contribution in [1.82, 2.24) is 15.5 Å². The van der Waals surface area contributed by atoms with Gasteiger partial charge in [-0.3, -0.25) is 9.69 Å². The zero-order valence-corrected chi connectivity index (χ0v) is 19.5. The number of halogens is 1. The smallest absolute Gasteiger partial charge is 0.338 e. The Morgan fingerprint density at radius 1 is 1.27 bits per heavy atom. The Bertz CT molecular complexity index is 1050. The Kier molecular flexibility index (Phi) is 8.13. The van der Waals surface area contributed by atoms with E-state index < -0.39 is 18.0 Å². The number of nitrogens with one attached hydrogen (secondary N) is 3. The van der Waals surface area contributed by atoms with Crippen LogP contribution in [0.5, 0.6) is 0 Å². The molecule has 9 nitrogen and oxygen atoms in total. The maximum absolute atomic E-state index is 12.8. The van der Waals surface area contributed by atoms with Crippen LogP contribution in [0.25, 0.3) is 0 Å². The normalized spacial score (nSPS) is 15.8. The Morgan fingerprint density at radius 2 is 2.06 bits per heavy atom. The molecule has 1 aromatic carbocycles. The lowest BCUT2D eigenvalue weighted by Gasteiger charge is -2.30. The molecule has 1 aliphatic heterocycles. The van der Waals surface area contributed by atoms with E-state index in [1.807, 2.05) is 19.9 Å². The molecule has 3 N–H and O–H groups in total. The van der Waals surface area contributed by atoms with Crippen molar-refractivity contribution in [1.29, 1.82) is 0 Å². The number of rotatable bonds is 9. The average molecular weight is 475 g/mol. The molecular formula is C23H27ClN4O5. The van der Waals surface area contributed by atoms with E-state index in [0.717, 1.165) is 5.56 Å². The number of benzene rings is 1. The van der Waals surface area contributed by atoms with E-state index >= 15 is 0 Å². The van der Waals surface area contributed by atoms with Gasteiger partial charge in [0.05, 0.1) is 25.0 Å². The summed E-state index contributed by atoms with van der Waals surface area (Å²) >= 11 is 6.04. The number of hydrogen-bond acceptors (Lipinski definition) is 6. The van der Waals surface area contributed by atoms with Gasteiger partial charge in [-0.05, 0) is 50.2 Å². The summed E-state index contributed by atoms with van der Waals surface area (Å²) < 4.78 is 10.7. The van der Waals surface area contributed by atoms with E-state index in [2.05, 4.69) is 16.0 Å². The molecule has 10 heteroatoms. The highest BCUT2D eigenvalue weighted by atomic mass is 35.5. The van der Waals surface area contributed by atoms with Crippen LogP contribution in [-0.2, 0) is 14.3 Å². The van der Waals surface area contributed by atoms with Crippen molar-refractivity contribution in [3.05, 3.63) is 64.2 Å². The van der Waals surface area contributed by atoms with Crippen LogP contribution in [0.1, 0.15) is 31.2 Å². The zero-order valence-electron chi connectivity index (χ0n) is 18.7. The van der Waals surface area contributed by atoms with Crippen LogP contribution in [-0.4, -0.2) is 49.0 Å². The first-order chi connectivity index (χ1) is 15.8. The number of hydrogen-bond donors (Lipinski definition) is 3. The maximum Gasteiger partial charge on any atom is 0.338 e. The summed E-state index contributed by atoms with van der Waals surface area (Å²) in [7, 11) is 0. The summed E-state index contributed by atoms with van der Waals surface area (Å²) in [5, 5.41) is 8.78. The topological polar surface area (TPSA) is 113 Å². The predicted octanol–water partition coefficient (Wildman–Crippen LogP) is 3.37. The van der Waals surface area contributed by atoms with Crippen molar-refractivity contribution in [3.8, 4) is 0 Å². The number of aryl methyl sites for hydroxylation is 1. The lowest BCUT2D eigenvalue weighted by Crippen LogP contribution is -2.49. The van der Waals surface area contributed by atoms with Crippen molar-refractivity contribution in [2.45, 2.75) is 26.8 Å². The fraction of sp³-hybridized carbons (Fsp3) is 0.348. The van der Waals surface area contributed by atoms with E-state index in [9.17, 15) is 14.4 Å². The van der Waals surface area contributed by atoms with E-state index in [1.165, 1.54) is 6.26 Å². The predicted molar refractivity (Wildman–Crippen MR) is 124 cm³/mol. The van der Waals surface area contributed by atoms with Gasteiger partial charge >= 0.3 is 12.0 Å². The highest BCUT2D eigenvalue weighted by Gasteiger charge is 2.35. The molecule has 3 rings (SSSR count). The van der Waals surface area contributed by atoms with E-state index in [0.29, 0.717) is 28.7 Å². The monoisotopic (exact) mass is 474 g/mol.